The highest BCUT2D eigenvalue weighted by Gasteiger charge is 2.22. The lowest BCUT2D eigenvalue weighted by molar-refractivity contribution is 0.0395. The molecule has 0 saturated carbocycles. The lowest BCUT2D eigenvalue weighted by Gasteiger charge is -2.25. The summed E-state index contributed by atoms with van der Waals surface area (Å²) in [6, 6.07) is 1.52. The number of ether oxygens (including phenoxy) is 2. The first-order valence-corrected chi connectivity index (χ1v) is 10.6. The van der Waals surface area contributed by atoms with Crippen molar-refractivity contribution in [2.45, 2.75) is 32.8 Å². The van der Waals surface area contributed by atoms with E-state index in [1.54, 1.807) is 20.8 Å². The molecule has 152 valence electrons. The Morgan fingerprint density at radius 3 is 2.56 bits per heavy atom. The number of halogens is 2. The minimum absolute atomic E-state index is 0.147. The molecule has 0 aliphatic carbocycles. The summed E-state index contributed by atoms with van der Waals surface area (Å²) in [5, 5.41) is 1.18. The number of nitrogens with one attached hydrogen (secondary N) is 1. The lowest BCUT2D eigenvalue weighted by Crippen LogP contribution is -2.47. The van der Waals surface area contributed by atoms with E-state index in [9.17, 15) is 14.4 Å². The van der Waals surface area contributed by atoms with Crippen LogP contribution in [0.25, 0.3) is 0 Å². The monoisotopic (exact) mass is 456 g/mol. The molecule has 1 aromatic heterocycles. The summed E-state index contributed by atoms with van der Waals surface area (Å²) in [6.07, 6.45) is -0.404. The number of carbonyl (C=O) groups is 3. The third-order valence-corrected chi connectivity index (χ3v) is 5.77. The smallest absolute Gasteiger partial charge is 0.426 e. The van der Waals surface area contributed by atoms with E-state index in [0.29, 0.717) is 32.8 Å². The van der Waals surface area contributed by atoms with Crippen LogP contribution in [0.4, 0.5) is 9.59 Å². The van der Waals surface area contributed by atoms with Gasteiger partial charge in [-0.05, 0) is 26.8 Å². The van der Waals surface area contributed by atoms with Gasteiger partial charge in [0, 0.05) is 29.5 Å². The summed E-state index contributed by atoms with van der Waals surface area (Å²) in [7, 11) is 1.29. The van der Waals surface area contributed by atoms with Gasteiger partial charge in [0.25, 0.3) is 5.24 Å². The molecule has 0 saturated heterocycles. The van der Waals surface area contributed by atoms with Crippen LogP contribution in [-0.2, 0) is 15.9 Å². The van der Waals surface area contributed by atoms with Crippen LogP contribution in [-0.4, -0.2) is 53.2 Å². The molecule has 0 bridgehead atoms. The molecule has 2 amide bonds. The summed E-state index contributed by atoms with van der Waals surface area (Å²) in [5.74, 6) is 0.223. The van der Waals surface area contributed by atoms with Crippen LogP contribution in [0.1, 0.15) is 35.3 Å². The van der Waals surface area contributed by atoms with Crippen molar-refractivity contribution in [3.63, 3.8) is 0 Å². The molecule has 0 unspecified atom stereocenters. The molecule has 0 spiro atoms. The maximum atomic E-state index is 12.3. The van der Waals surface area contributed by atoms with Crippen molar-refractivity contribution in [1.29, 1.82) is 0 Å². The summed E-state index contributed by atoms with van der Waals surface area (Å²) in [4.78, 5) is 37.0. The first-order chi connectivity index (χ1) is 12.6. The molecule has 1 rings (SSSR count). The maximum Gasteiger partial charge on any atom is 0.426 e. The van der Waals surface area contributed by atoms with Gasteiger partial charge in [-0.15, -0.1) is 22.9 Å². The Kier molecular flexibility index (Phi) is 9.72. The Labute approximate surface area is 176 Å². The second-order valence-corrected chi connectivity index (χ2v) is 9.16. The van der Waals surface area contributed by atoms with Crippen LogP contribution in [0.3, 0.4) is 0 Å². The van der Waals surface area contributed by atoms with E-state index < -0.39 is 17.7 Å². The predicted molar refractivity (Wildman–Crippen MR) is 109 cm³/mol. The number of carbonyl (C=O) groups excluding carboxylic acids is 3. The number of amides is 2. The zero-order valence-corrected chi connectivity index (χ0v) is 18.6. The highest BCUT2D eigenvalue weighted by atomic mass is 35.5. The van der Waals surface area contributed by atoms with Gasteiger partial charge in [-0.1, -0.05) is 23.4 Å². The van der Waals surface area contributed by atoms with Gasteiger partial charge in [0.15, 0.2) is 0 Å². The van der Waals surface area contributed by atoms with Gasteiger partial charge < -0.3 is 9.47 Å². The SMILES string of the molecule is COC(=O)c1cc(Cl)c(CCN(NC(=O)OC(C)(C)C)C(=O)SCCCl)s1. The topological polar surface area (TPSA) is 84.9 Å². The number of nitrogens with zero attached hydrogens (tertiary/aromatic N) is 1. The maximum absolute atomic E-state index is 12.3. The van der Waals surface area contributed by atoms with E-state index >= 15 is 0 Å². The van der Waals surface area contributed by atoms with Crippen LogP contribution in [0, 0.1) is 0 Å². The Hall–Kier alpha value is -1.16. The van der Waals surface area contributed by atoms with E-state index in [4.69, 9.17) is 27.9 Å². The first kappa shape index (κ1) is 23.9. The minimum atomic E-state index is -0.741. The molecular formula is C16H22Cl2N2O5S2. The molecule has 27 heavy (non-hydrogen) atoms. The zero-order chi connectivity index (χ0) is 20.6. The fourth-order valence-electron chi connectivity index (χ4n) is 1.80. The fourth-order valence-corrected chi connectivity index (χ4v) is 3.92. The largest absolute Gasteiger partial charge is 0.465 e. The Bertz CT molecular complexity index is 676. The standard InChI is InChI=1S/C16H22Cl2N2O5S2/c1-16(2,3)25-14(22)19-20(15(23)26-8-6-17)7-5-11-10(18)9-12(27-11)13(21)24-4/h9H,5-8H2,1-4H3,(H,19,22). The summed E-state index contributed by atoms with van der Waals surface area (Å²) >= 11 is 13.9. The minimum Gasteiger partial charge on any atom is -0.465 e. The van der Waals surface area contributed by atoms with Crippen molar-refractivity contribution in [3.05, 3.63) is 20.8 Å². The molecule has 0 aliphatic rings. The van der Waals surface area contributed by atoms with Crippen molar-refractivity contribution < 1.29 is 23.9 Å². The molecule has 0 aliphatic heterocycles. The molecule has 0 atom stereocenters. The first-order valence-electron chi connectivity index (χ1n) is 7.93. The third kappa shape index (κ3) is 8.59. The van der Waals surface area contributed by atoms with Gasteiger partial charge in [-0.2, -0.15) is 0 Å². The second-order valence-electron chi connectivity index (χ2n) is 6.19. The number of esters is 1. The number of rotatable bonds is 6. The van der Waals surface area contributed by atoms with Gasteiger partial charge in [0.2, 0.25) is 0 Å². The van der Waals surface area contributed by atoms with Crippen LogP contribution in [0.5, 0.6) is 0 Å². The highest BCUT2D eigenvalue weighted by molar-refractivity contribution is 8.13. The average molecular weight is 457 g/mol. The number of hydrazine groups is 1. The third-order valence-electron chi connectivity index (χ3n) is 2.85. The van der Waals surface area contributed by atoms with Crippen molar-refractivity contribution in [2.75, 3.05) is 25.3 Å². The molecule has 7 nitrogen and oxygen atoms in total. The van der Waals surface area contributed by atoms with E-state index in [2.05, 4.69) is 10.2 Å². The van der Waals surface area contributed by atoms with Gasteiger partial charge in [0.1, 0.15) is 10.5 Å². The molecule has 1 aromatic rings. The molecule has 0 fully saturated rings. The Morgan fingerprint density at radius 1 is 1.33 bits per heavy atom. The number of hydrogen-bond donors (Lipinski definition) is 1. The van der Waals surface area contributed by atoms with Crippen LogP contribution < -0.4 is 5.43 Å². The molecule has 0 aromatic carbocycles. The zero-order valence-electron chi connectivity index (χ0n) is 15.5. The van der Waals surface area contributed by atoms with Gasteiger partial charge in [-0.3, -0.25) is 4.79 Å². The van der Waals surface area contributed by atoms with Crippen molar-refractivity contribution in [2.24, 2.45) is 0 Å². The van der Waals surface area contributed by atoms with Crippen LogP contribution in [0.2, 0.25) is 5.02 Å². The van der Waals surface area contributed by atoms with E-state index in [1.807, 2.05) is 0 Å². The number of methoxy groups -OCH3 is 1. The normalized spacial score (nSPS) is 11.0. The summed E-state index contributed by atoms with van der Waals surface area (Å²) in [5.41, 5.74) is 1.74. The quantitative estimate of drug-likeness (QED) is 0.383. The molecule has 0 radical (unpaired) electrons. The second kappa shape index (κ2) is 11.0. The lowest BCUT2D eigenvalue weighted by atomic mass is 10.2. The Balaban J connectivity index is 2.81. The number of alkyl halides is 1. The molecule has 1 N–H and O–H groups in total. The number of hydrogen-bond acceptors (Lipinski definition) is 7. The van der Waals surface area contributed by atoms with E-state index in [1.165, 1.54) is 24.5 Å². The number of thioether (sulfide) groups is 1. The molecule has 11 heteroatoms. The van der Waals surface area contributed by atoms with Crippen molar-refractivity contribution in [1.82, 2.24) is 10.4 Å². The summed E-state index contributed by atoms with van der Waals surface area (Å²) < 4.78 is 9.86. The Morgan fingerprint density at radius 2 is 2.00 bits per heavy atom. The van der Waals surface area contributed by atoms with Crippen molar-refractivity contribution >= 4 is 63.6 Å². The highest BCUT2D eigenvalue weighted by Crippen LogP contribution is 2.28. The fraction of sp³-hybridized carbons (Fsp3) is 0.562. The average Bonchev–Trinajstić information content (AvgIpc) is 2.94. The summed E-state index contributed by atoms with van der Waals surface area (Å²) in [6.45, 7) is 5.32. The van der Waals surface area contributed by atoms with Gasteiger partial charge in [0.05, 0.1) is 12.1 Å². The van der Waals surface area contributed by atoms with Crippen LogP contribution >= 0.6 is 46.3 Å². The number of thiophene rings is 1. The predicted octanol–water partition coefficient (Wildman–Crippen LogP) is 4.56. The molecular weight excluding hydrogens is 435 g/mol. The van der Waals surface area contributed by atoms with Gasteiger partial charge in [-0.25, -0.2) is 20.0 Å². The van der Waals surface area contributed by atoms with E-state index in [0.717, 1.165) is 16.8 Å². The van der Waals surface area contributed by atoms with Crippen LogP contribution in [0.15, 0.2) is 6.07 Å². The van der Waals surface area contributed by atoms with Crippen molar-refractivity contribution in [3.8, 4) is 0 Å². The molecule has 1 heterocycles. The van der Waals surface area contributed by atoms with E-state index in [-0.39, 0.29) is 11.8 Å². The van der Waals surface area contributed by atoms with Gasteiger partial charge >= 0.3 is 12.1 Å².